The van der Waals surface area contributed by atoms with E-state index in [9.17, 15) is 14.7 Å². The van der Waals surface area contributed by atoms with Crippen LogP contribution in [0, 0.1) is 0 Å². The number of carbonyl (C=O) groups is 2. The molecule has 0 aromatic heterocycles. The van der Waals surface area contributed by atoms with Crippen LogP contribution in [0.15, 0.2) is 48.5 Å². The highest BCUT2D eigenvalue weighted by atomic mass is 16.6. The van der Waals surface area contributed by atoms with Gasteiger partial charge in [-0.25, -0.2) is 9.59 Å². The molecule has 168 valence electrons. The Morgan fingerprint density at radius 1 is 1.06 bits per heavy atom. The van der Waals surface area contributed by atoms with Crippen LogP contribution in [0.5, 0.6) is 5.75 Å². The van der Waals surface area contributed by atoms with Crippen LogP contribution in [0.1, 0.15) is 38.8 Å². The first kappa shape index (κ1) is 24.2. The normalized spacial score (nSPS) is 12.1. The van der Waals surface area contributed by atoms with E-state index >= 15 is 0 Å². The highest BCUT2D eigenvalue weighted by Gasteiger charge is 2.18. The molecule has 0 saturated carbocycles. The predicted molar refractivity (Wildman–Crippen MR) is 119 cm³/mol. The summed E-state index contributed by atoms with van der Waals surface area (Å²) in [5.41, 5.74) is 2.00. The number of rotatable bonds is 10. The molecule has 0 heterocycles. The van der Waals surface area contributed by atoms with E-state index in [0.29, 0.717) is 37.5 Å². The molecule has 7 nitrogen and oxygen atoms in total. The fourth-order valence-corrected chi connectivity index (χ4v) is 2.87. The van der Waals surface area contributed by atoms with Gasteiger partial charge in [-0.15, -0.1) is 0 Å². The summed E-state index contributed by atoms with van der Waals surface area (Å²) in [6.07, 6.45) is -0.369. The summed E-state index contributed by atoms with van der Waals surface area (Å²) in [6.45, 7) is 8.04. The summed E-state index contributed by atoms with van der Waals surface area (Å²) >= 11 is 0. The topological polar surface area (TPSA) is 94.1 Å². The van der Waals surface area contributed by atoms with Crippen LogP contribution in [0.3, 0.4) is 0 Å². The second-order valence-electron chi connectivity index (χ2n) is 8.06. The van der Waals surface area contributed by atoms with Crippen molar-refractivity contribution in [2.24, 2.45) is 0 Å². The second-order valence-corrected chi connectivity index (χ2v) is 8.06. The number of benzene rings is 2. The Hall–Kier alpha value is -3.06. The van der Waals surface area contributed by atoms with E-state index in [1.54, 1.807) is 13.0 Å². The van der Waals surface area contributed by atoms with E-state index in [2.05, 4.69) is 5.32 Å². The van der Waals surface area contributed by atoms with Gasteiger partial charge in [0, 0.05) is 25.1 Å². The van der Waals surface area contributed by atoms with Crippen molar-refractivity contribution >= 4 is 17.7 Å². The molecule has 2 N–H and O–H groups in total. The van der Waals surface area contributed by atoms with Crippen molar-refractivity contribution in [3.8, 4) is 5.75 Å². The molecule has 0 fully saturated rings. The van der Waals surface area contributed by atoms with Crippen LogP contribution in [-0.2, 0) is 27.1 Å². The zero-order chi connectivity index (χ0) is 22.9. The molecular weight excluding hydrogens is 398 g/mol. The molecule has 0 saturated heterocycles. The zero-order valence-electron chi connectivity index (χ0n) is 18.5. The van der Waals surface area contributed by atoms with Crippen LogP contribution in [0.2, 0.25) is 0 Å². The third-order valence-corrected chi connectivity index (χ3v) is 4.22. The molecule has 0 aliphatic rings. The maximum atomic E-state index is 11.9. The van der Waals surface area contributed by atoms with Crippen LogP contribution in [-0.4, -0.2) is 42.1 Å². The molecule has 2 aromatic rings. The van der Waals surface area contributed by atoms with Gasteiger partial charge in [0.15, 0.2) is 6.10 Å². The van der Waals surface area contributed by atoms with Crippen molar-refractivity contribution in [2.75, 3.05) is 18.5 Å². The molecule has 2 aromatic carbocycles. The first-order chi connectivity index (χ1) is 14.7. The second kappa shape index (κ2) is 11.4. The predicted octanol–water partition coefficient (Wildman–Crippen LogP) is 4.69. The molecule has 0 spiro atoms. The highest BCUT2D eigenvalue weighted by molar-refractivity contribution is 5.84. The van der Waals surface area contributed by atoms with Crippen LogP contribution in [0.25, 0.3) is 0 Å². The summed E-state index contributed by atoms with van der Waals surface area (Å²) in [7, 11) is 0. The third-order valence-electron chi connectivity index (χ3n) is 4.22. The number of carboxylic acid groups (broad SMARTS) is 1. The maximum absolute atomic E-state index is 11.9. The van der Waals surface area contributed by atoms with Gasteiger partial charge in [-0.05, 0) is 63.1 Å². The van der Waals surface area contributed by atoms with E-state index in [-0.39, 0.29) is 0 Å². The summed E-state index contributed by atoms with van der Waals surface area (Å²) in [6, 6.07) is 14.9. The standard InChI is InChI=1S/C24H31NO6/c1-5-29-21(22(26)27)16-18-9-11-20(12-10-18)30-14-13-17-7-6-8-19(15-17)25-23(28)31-24(2,3)4/h6-12,15,21H,5,13-14,16H2,1-4H3,(H,25,28)(H,26,27). The number of carboxylic acids is 1. The average Bonchev–Trinajstić information content (AvgIpc) is 2.67. The molecule has 0 radical (unpaired) electrons. The number of amides is 1. The quantitative estimate of drug-likeness (QED) is 0.569. The Balaban J connectivity index is 1.84. The lowest BCUT2D eigenvalue weighted by molar-refractivity contribution is -0.149. The van der Waals surface area contributed by atoms with Gasteiger partial charge in [0.05, 0.1) is 6.61 Å². The molecule has 1 atom stereocenters. The van der Waals surface area contributed by atoms with E-state index in [4.69, 9.17) is 14.2 Å². The Bertz CT molecular complexity index is 857. The Morgan fingerprint density at radius 2 is 1.77 bits per heavy atom. The van der Waals surface area contributed by atoms with Gasteiger partial charge < -0.3 is 19.3 Å². The lowest BCUT2D eigenvalue weighted by atomic mass is 10.1. The molecule has 7 heteroatoms. The van der Waals surface area contributed by atoms with Crippen molar-refractivity contribution in [1.29, 1.82) is 0 Å². The monoisotopic (exact) mass is 429 g/mol. The number of ether oxygens (including phenoxy) is 3. The minimum Gasteiger partial charge on any atom is -0.493 e. The minimum absolute atomic E-state index is 0.306. The van der Waals surface area contributed by atoms with Crippen molar-refractivity contribution in [3.63, 3.8) is 0 Å². The van der Waals surface area contributed by atoms with E-state index in [1.807, 2.05) is 63.2 Å². The number of hydrogen-bond acceptors (Lipinski definition) is 5. The van der Waals surface area contributed by atoms with Crippen molar-refractivity contribution in [1.82, 2.24) is 0 Å². The molecule has 1 unspecified atom stereocenters. The van der Waals surface area contributed by atoms with Gasteiger partial charge in [0.25, 0.3) is 0 Å². The van der Waals surface area contributed by atoms with Gasteiger partial charge >= 0.3 is 12.1 Å². The fraction of sp³-hybridized carbons (Fsp3) is 0.417. The zero-order valence-corrected chi connectivity index (χ0v) is 18.5. The van der Waals surface area contributed by atoms with Crippen molar-refractivity contribution < 1.29 is 28.9 Å². The smallest absolute Gasteiger partial charge is 0.412 e. The largest absolute Gasteiger partial charge is 0.493 e. The van der Waals surface area contributed by atoms with Gasteiger partial charge in [-0.1, -0.05) is 24.3 Å². The van der Waals surface area contributed by atoms with Gasteiger partial charge in [0.2, 0.25) is 0 Å². The maximum Gasteiger partial charge on any atom is 0.412 e. The number of carbonyl (C=O) groups excluding carboxylic acids is 1. The molecule has 2 rings (SSSR count). The number of nitrogens with one attached hydrogen (secondary N) is 1. The number of aliphatic carboxylic acids is 1. The van der Waals surface area contributed by atoms with E-state index in [0.717, 1.165) is 11.1 Å². The third kappa shape index (κ3) is 9.09. The van der Waals surface area contributed by atoms with Gasteiger partial charge in [-0.3, -0.25) is 5.32 Å². The van der Waals surface area contributed by atoms with Crippen molar-refractivity contribution in [2.45, 2.75) is 52.2 Å². The number of anilines is 1. The Kier molecular flexibility index (Phi) is 8.88. The molecule has 31 heavy (non-hydrogen) atoms. The summed E-state index contributed by atoms with van der Waals surface area (Å²) < 4.78 is 16.3. The summed E-state index contributed by atoms with van der Waals surface area (Å²) in [5, 5.41) is 11.9. The van der Waals surface area contributed by atoms with Crippen LogP contribution >= 0.6 is 0 Å². The Morgan fingerprint density at radius 3 is 2.39 bits per heavy atom. The first-order valence-electron chi connectivity index (χ1n) is 10.3. The molecular formula is C24H31NO6. The summed E-state index contributed by atoms with van der Waals surface area (Å²) in [4.78, 5) is 23.1. The SMILES string of the molecule is CCOC(Cc1ccc(OCCc2cccc(NC(=O)OC(C)(C)C)c2)cc1)C(=O)O. The molecule has 0 aliphatic carbocycles. The summed E-state index contributed by atoms with van der Waals surface area (Å²) in [5.74, 6) is -0.263. The lowest BCUT2D eigenvalue weighted by Gasteiger charge is -2.19. The van der Waals surface area contributed by atoms with E-state index < -0.39 is 23.8 Å². The van der Waals surface area contributed by atoms with Crippen LogP contribution < -0.4 is 10.1 Å². The Labute approximate surface area is 183 Å². The highest BCUT2D eigenvalue weighted by Crippen LogP contribution is 2.17. The van der Waals surface area contributed by atoms with Gasteiger partial charge in [0.1, 0.15) is 11.4 Å². The van der Waals surface area contributed by atoms with E-state index in [1.165, 1.54) is 0 Å². The molecule has 0 aliphatic heterocycles. The molecule has 0 bridgehead atoms. The average molecular weight is 430 g/mol. The first-order valence-corrected chi connectivity index (χ1v) is 10.3. The van der Waals surface area contributed by atoms with Crippen LogP contribution in [0.4, 0.5) is 10.5 Å². The lowest BCUT2D eigenvalue weighted by Crippen LogP contribution is -2.27. The van der Waals surface area contributed by atoms with Gasteiger partial charge in [-0.2, -0.15) is 0 Å². The fourth-order valence-electron chi connectivity index (χ4n) is 2.87. The minimum atomic E-state index is -0.967. The number of hydrogen-bond donors (Lipinski definition) is 2. The van der Waals surface area contributed by atoms with Crippen molar-refractivity contribution in [3.05, 3.63) is 59.7 Å². The molecule has 1 amide bonds.